The lowest BCUT2D eigenvalue weighted by Gasteiger charge is -2.06. The molecule has 122 valence electrons. The highest BCUT2D eigenvalue weighted by molar-refractivity contribution is 7.08. The summed E-state index contributed by atoms with van der Waals surface area (Å²) in [5.74, 6) is -0.00187. The van der Waals surface area contributed by atoms with E-state index in [-0.39, 0.29) is 18.7 Å². The number of carbonyl (C=O) groups excluding carboxylic acids is 2. The molecular weight excluding hydrogens is 330 g/mol. The third kappa shape index (κ3) is 4.02. The van der Waals surface area contributed by atoms with E-state index in [0.29, 0.717) is 17.3 Å². The van der Waals surface area contributed by atoms with Crippen LogP contribution < -0.4 is 10.9 Å². The number of aryl methyl sites for hydroxylation is 1. The Bertz CT molecular complexity index is 817. The molecule has 0 fully saturated rings. The van der Waals surface area contributed by atoms with Crippen molar-refractivity contribution >= 4 is 23.2 Å². The zero-order chi connectivity index (χ0) is 16.8. The molecule has 0 radical (unpaired) electrons. The first kappa shape index (κ1) is 15.8. The van der Waals surface area contributed by atoms with Gasteiger partial charge in [0, 0.05) is 36.2 Å². The molecule has 0 aliphatic carbocycles. The van der Waals surface area contributed by atoms with Crippen molar-refractivity contribution in [2.75, 3.05) is 0 Å². The maximum atomic E-state index is 11.8. The third-order valence-corrected chi connectivity index (χ3v) is 3.72. The van der Waals surface area contributed by atoms with Crippen molar-refractivity contribution in [3.05, 3.63) is 52.8 Å². The number of amides is 2. The first-order valence-corrected chi connectivity index (χ1v) is 8.01. The first-order valence-electron chi connectivity index (χ1n) is 7.06. The minimum atomic E-state index is -0.436. The van der Waals surface area contributed by atoms with E-state index in [1.54, 1.807) is 18.3 Å². The Hall–Kier alpha value is -3.07. The summed E-state index contributed by atoms with van der Waals surface area (Å²) in [4.78, 5) is 27.3. The molecule has 0 saturated carbocycles. The Morgan fingerprint density at radius 2 is 2.12 bits per heavy atom. The molecule has 3 aromatic heterocycles. The number of hydrogen-bond donors (Lipinski definition) is 2. The van der Waals surface area contributed by atoms with Gasteiger partial charge in [0.15, 0.2) is 0 Å². The average molecular weight is 343 g/mol. The maximum absolute atomic E-state index is 11.8. The second kappa shape index (κ2) is 7.47. The van der Waals surface area contributed by atoms with Crippen LogP contribution in [0.5, 0.6) is 0 Å². The SMILES string of the molecule is O=C(CCc1nnc(-c2ccsc2)o1)NNC(=O)c1cccnc1. The van der Waals surface area contributed by atoms with E-state index >= 15 is 0 Å². The Morgan fingerprint density at radius 1 is 1.21 bits per heavy atom. The molecular formula is C15H13N5O3S. The van der Waals surface area contributed by atoms with Crippen molar-refractivity contribution < 1.29 is 14.0 Å². The lowest BCUT2D eigenvalue weighted by Crippen LogP contribution is -2.41. The molecule has 0 atom stereocenters. The van der Waals surface area contributed by atoms with Crippen LogP contribution in [0.1, 0.15) is 22.7 Å². The fourth-order valence-electron chi connectivity index (χ4n) is 1.84. The van der Waals surface area contributed by atoms with Crippen LogP contribution in [0.3, 0.4) is 0 Å². The quantitative estimate of drug-likeness (QED) is 0.681. The lowest BCUT2D eigenvalue weighted by atomic mass is 10.3. The summed E-state index contributed by atoms with van der Waals surface area (Å²) in [5, 5.41) is 11.6. The highest BCUT2D eigenvalue weighted by Gasteiger charge is 2.11. The van der Waals surface area contributed by atoms with Gasteiger partial charge in [-0.2, -0.15) is 11.3 Å². The fourth-order valence-corrected chi connectivity index (χ4v) is 2.47. The van der Waals surface area contributed by atoms with Crippen LogP contribution >= 0.6 is 11.3 Å². The predicted octanol–water partition coefficient (Wildman–Crippen LogP) is 1.59. The molecule has 3 aromatic rings. The molecule has 0 aromatic carbocycles. The Kier molecular flexibility index (Phi) is 4.92. The van der Waals surface area contributed by atoms with Crippen molar-refractivity contribution in [1.82, 2.24) is 26.0 Å². The molecule has 24 heavy (non-hydrogen) atoms. The number of nitrogens with one attached hydrogen (secondary N) is 2. The number of rotatable bonds is 5. The summed E-state index contributed by atoms with van der Waals surface area (Å²) in [6.45, 7) is 0. The number of hydrazine groups is 1. The smallest absolute Gasteiger partial charge is 0.271 e. The highest BCUT2D eigenvalue weighted by atomic mass is 32.1. The van der Waals surface area contributed by atoms with Crippen molar-refractivity contribution in [1.29, 1.82) is 0 Å². The lowest BCUT2D eigenvalue weighted by molar-refractivity contribution is -0.121. The van der Waals surface area contributed by atoms with Crippen LogP contribution in [0.25, 0.3) is 11.5 Å². The zero-order valence-electron chi connectivity index (χ0n) is 12.4. The molecule has 0 bridgehead atoms. The zero-order valence-corrected chi connectivity index (χ0v) is 13.2. The van der Waals surface area contributed by atoms with Gasteiger partial charge < -0.3 is 4.42 Å². The number of pyridine rings is 1. The van der Waals surface area contributed by atoms with Gasteiger partial charge in [0.05, 0.1) is 5.56 Å². The number of aromatic nitrogens is 3. The average Bonchev–Trinajstić information content (AvgIpc) is 3.29. The standard InChI is InChI=1S/C15H13N5O3S/c21-12(17-19-14(22)10-2-1-6-16-8-10)3-4-13-18-20-15(23-13)11-5-7-24-9-11/h1-2,5-9H,3-4H2,(H,17,21)(H,19,22). The molecule has 0 spiro atoms. The molecule has 3 heterocycles. The van der Waals surface area contributed by atoms with Gasteiger partial charge in [0.1, 0.15) is 0 Å². The predicted molar refractivity (Wildman–Crippen MR) is 85.8 cm³/mol. The van der Waals surface area contributed by atoms with Gasteiger partial charge in [0.2, 0.25) is 17.7 Å². The summed E-state index contributed by atoms with van der Waals surface area (Å²) in [5.41, 5.74) is 5.86. The Labute approximate surface area is 140 Å². The molecule has 2 N–H and O–H groups in total. The fraction of sp³-hybridized carbons (Fsp3) is 0.133. The van der Waals surface area contributed by atoms with E-state index in [2.05, 4.69) is 26.0 Å². The number of thiophene rings is 1. The summed E-state index contributed by atoms with van der Waals surface area (Å²) in [6.07, 6.45) is 3.36. The molecule has 0 aliphatic heterocycles. The van der Waals surface area contributed by atoms with E-state index in [1.165, 1.54) is 17.5 Å². The van der Waals surface area contributed by atoms with E-state index in [9.17, 15) is 9.59 Å². The van der Waals surface area contributed by atoms with Crippen LogP contribution in [0, 0.1) is 0 Å². The van der Waals surface area contributed by atoms with Crippen molar-refractivity contribution in [2.24, 2.45) is 0 Å². The van der Waals surface area contributed by atoms with Crippen molar-refractivity contribution in [3.8, 4) is 11.5 Å². The van der Waals surface area contributed by atoms with Crippen molar-refractivity contribution in [3.63, 3.8) is 0 Å². The Morgan fingerprint density at radius 3 is 2.88 bits per heavy atom. The monoisotopic (exact) mass is 343 g/mol. The van der Waals surface area contributed by atoms with Gasteiger partial charge >= 0.3 is 0 Å². The summed E-state index contributed by atoms with van der Waals surface area (Å²) in [7, 11) is 0. The van der Waals surface area contributed by atoms with E-state index < -0.39 is 5.91 Å². The first-order chi connectivity index (χ1) is 11.7. The summed E-state index contributed by atoms with van der Waals surface area (Å²) in [6, 6.07) is 5.11. The minimum Gasteiger partial charge on any atom is -0.421 e. The van der Waals surface area contributed by atoms with Gasteiger partial charge in [-0.3, -0.25) is 25.4 Å². The van der Waals surface area contributed by atoms with Gasteiger partial charge in [-0.25, -0.2) is 0 Å². The van der Waals surface area contributed by atoms with Gasteiger partial charge in [-0.1, -0.05) is 0 Å². The van der Waals surface area contributed by atoms with Crippen LogP contribution in [-0.2, 0) is 11.2 Å². The highest BCUT2D eigenvalue weighted by Crippen LogP contribution is 2.20. The van der Waals surface area contributed by atoms with Gasteiger partial charge in [-0.15, -0.1) is 10.2 Å². The summed E-state index contributed by atoms with van der Waals surface area (Å²) < 4.78 is 5.48. The minimum absolute atomic E-state index is 0.110. The topological polar surface area (TPSA) is 110 Å². The molecule has 2 amide bonds. The molecule has 0 aliphatic rings. The molecule has 8 nitrogen and oxygen atoms in total. The molecule has 3 rings (SSSR count). The van der Waals surface area contributed by atoms with Gasteiger partial charge in [0.25, 0.3) is 5.91 Å². The number of carbonyl (C=O) groups is 2. The maximum Gasteiger partial charge on any atom is 0.271 e. The molecule has 9 heteroatoms. The van der Waals surface area contributed by atoms with E-state index in [0.717, 1.165) is 5.56 Å². The third-order valence-electron chi connectivity index (χ3n) is 3.04. The number of hydrogen-bond acceptors (Lipinski definition) is 7. The molecule has 0 saturated heterocycles. The van der Waals surface area contributed by atoms with E-state index in [1.807, 2.05) is 16.8 Å². The molecule has 0 unspecified atom stereocenters. The second-order valence-corrected chi connectivity index (χ2v) is 5.54. The Balaban J connectivity index is 1.45. The van der Waals surface area contributed by atoms with Crippen LogP contribution in [0.2, 0.25) is 0 Å². The van der Waals surface area contributed by atoms with Gasteiger partial charge in [-0.05, 0) is 23.6 Å². The summed E-state index contributed by atoms with van der Waals surface area (Å²) >= 11 is 1.53. The van der Waals surface area contributed by atoms with Crippen LogP contribution in [0.15, 0.2) is 45.8 Å². The van der Waals surface area contributed by atoms with Crippen LogP contribution in [0.4, 0.5) is 0 Å². The largest absolute Gasteiger partial charge is 0.421 e. The second-order valence-electron chi connectivity index (χ2n) is 4.76. The number of nitrogens with zero attached hydrogens (tertiary/aromatic N) is 3. The normalized spacial score (nSPS) is 10.3. The van der Waals surface area contributed by atoms with E-state index in [4.69, 9.17) is 4.42 Å². The van der Waals surface area contributed by atoms with Crippen molar-refractivity contribution in [2.45, 2.75) is 12.8 Å². The van der Waals surface area contributed by atoms with Crippen LogP contribution in [-0.4, -0.2) is 27.0 Å².